The van der Waals surface area contributed by atoms with Crippen molar-refractivity contribution in [3.05, 3.63) is 0 Å². The van der Waals surface area contributed by atoms with Gasteiger partial charge in [0.25, 0.3) is 0 Å². The van der Waals surface area contributed by atoms with Gasteiger partial charge >= 0.3 is 0 Å². The first-order valence-electron chi connectivity index (χ1n) is 10.9. The molecule has 0 spiro atoms. The normalized spacial score (nSPS) is 26.2. The van der Waals surface area contributed by atoms with Gasteiger partial charge in [-0.15, -0.1) is 0 Å². The van der Waals surface area contributed by atoms with Gasteiger partial charge in [-0.1, -0.05) is 13.8 Å². The molecule has 2 heterocycles. The van der Waals surface area contributed by atoms with Crippen LogP contribution in [-0.2, 0) is 0 Å². The zero-order valence-corrected chi connectivity index (χ0v) is 16.8. The average Bonchev–Trinajstić information content (AvgIpc) is 2.67. The van der Waals surface area contributed by atoms with Gasteiger partial charge in [0, 0.05) is 64.4 Å². The van der Waals surface area contributed by atoms with Crippen molar-refractivity contribution < 1.29 is 0 Å². The maximum atomic E-state index is 4.75. The molecule has 2 aliphatic rings. The van der Waals surface area contributed by atoms with Gasteiger partial charge in [-0.05, 0) is 51.6 Å². The van der Waals surface area contributed by atoms with Crippen LogP contribution in [0.1, 0.15) is 52.4 Å². The number of hydrogen-bond acceptors (Lipinski definition) is 4. The maximum absolute atomic E-state index is 4.75. The fraction of sp³-hybridized carbons (Fsp3) is 1.00. The second-order valence-corrected chi connectivity index (χ2v) is 7.69. The second kappa shape index (κ2) is 13.0. The molecule has 5 nitrogen and oxygen atoms in total. The van der Waals surface area contributed by atoms with Crippen molar-refractivity contribution in [3.63, 3.8) is 0 Å². The van der Waals surface area contributed by atoms with Crippen LogP contribution in [-0.4, -0.2) is 87.3 Å². The predicted molar refractivity (Wildman–Crippen MR) is 107 cm³/mol. The Labute approximate surface area is 156 Å². The summed E-state index contributed by atoms with van der Waals surface area (Å²) in [7, 11) is 0. The highest BCUT2D eigenvalue weighted by Crippen LogP contribution is 2.09. The van der Waals surface area contributed by atoms with E-state index in [1.54, 1.807) is 0 Å². The van der Waals surface area contributed by atoms with Crippen LogP contribution in [0.2, 0.25) is 0 Å². The molecule has 2 rings (SSSR count). The van der Waals surface area contributed by atoms with Gasteiger partial charge in [-0.3, -0.25) is 9.80 Å². The van der Waals surface area contributed by atoms with E-state index in [1.807, 2.05) is 0 Å². The van der Waals surface area contributed by atoms with Crippen molar-refractivity contribution in [1.29, 1.82) is 0 Å². The molecule has 0 aromatic heterocycles. The number of hydrogen-bond donors (Lipinski definition) is 2. The molecule has 2 N–H and O–H groups in total. The van der Waals surface area contributed by atoms with Gasteiger partial charge in [0.15, 0.2) is 0 Å². The molecule has 0 saturated carbocycles. The minimum absolute atomic E-state index is 0.752. The molecule has 2 fully saturated rings. The Hall–Kier alpha value is -0.200. The first-order valence-corrected chi connectivity index (χ1v) is 10.9. The highest BCUT2D eigenvalue weighted by molar-refractivity contribution is 4.79. The third kappa shape index (κ3) is 7.92. The van der Waals surface area contributed by atoms with Crippen LogP contribution >= 0.6 is 0 Å². The van der Waals surface area contributed by atoms with E-state index in [0.29, 0.717) is 0 Å². The topological polar surface area (TPSA) is 44.6 Å². The Morgan fingerprint density at radius 2 is 1.24 bits per heavy atom. The quantitative estimate of drug-likeness (QED) is 0.523. The summed E-state index contributed by atoms with van der Waals surface area (Å²) in [4.78, 5) is 5.35. The summed E-state index contributed by atoms with van der Waals surface area (Å²) in [6, 6.07) is 1.50. The van der Waals surface area contributed by atoms with Crippen LogP contribution in [0.3, 0.4) is 0 Å². The second-order valence-electron chi connectivity index (χ2n) is 7.69. The lowest BCUT2D eigenvalue weighted by atomic mass is 10.1. The third-order valence-corrected chi connectivity index (χ3v) is 5.91. The lowest BCUT2D eigenvalue weighted by Crippen LogP contribution is -2.51. The summed E-state index contributed by atoms with van der Waals surface area (Å²) in [5.41, 5.74) is 0. The number of unbranched alkanes of at least 4 members (excludes halogenated alkanes) is 2. The lowest BCUT2D eigenvalue weighted by Gasteiger charge is -2.35. The largest absolute Gasteiger partial charge is 0.314 e. The summed E-state index contributed by atoms with van der Waals surface area (Å²) in [5.74, 6) is 0. The molecule has 2 unspecified atom stereocenters. The van der Waals surface area contributed by atoms with E-state index >= 15 is 0 Å². The Balaban J connectivity index is 1.40. The molecule has 1 radical (unpaired) electrons. The van der Waals surface area contributed by atoms with Gasteiger partial charge in [-0.2, -0.15) is 0 Å². The van der Waals surface area contributed by atoms with Crippen molar-refractivity contribution in [2.24, 2.45) is 0 Å². The van der Waals surface area contributed by atoms with E-state index in [-0.39, 0.29) is 0 Å². The Kier molecular flexibility index (Phi) is 11.0. The fourth-order valence-electron chi connectivity index (χ4n) is 4.19. The molecule has 0 aliphatic carbocycles. The molecule has 0 aromatic carbocycles. The van der Waals surface area contributed by atoms with Gasteiger partial charge in [0.1, 0.15) is 0 Å². The minimum atomic E-state index is 0.752. The van der Waals surface area contributed by atoms with Crippen LogP contribution in [0, 0.1) is 0 Å². The number of piperazine rings is 2. The molecule has 0 aromatic rings. The molecular formula is C20H42N5. The van der Waals surface area contributed by atoms with Gasteiger partial charge in [0.2, 0.25) is 0 Å². The van der Waals surface area contributed by atoms with E-state index in [4.69, 9.17) is 5.32 Å². The van der Waals surface area contributed by atoms with Crippen LogP contribution in [0.15, 0.2) is 0 Å². The molecule has 25 heavy (non-hydrogen) atoms. The summed E-state index contributed by atoms with van der Waals surface area (Å²) >= 11 is 0. The van der Waals surface area contributed by atoms with Crippen molar-refractivity contribution >= 4 is 0 Å². The highest BCUT2D eigenvalue weighted by Gasteiger charge is 2.20. The van der Waals surface area contributed by atoms with E-state index in [0.717, 1.165) is 38.3 Å². The third-order valence-electron chi connectivity index (χ3n) is 5.91. The van der Waals surface area contributed by atoms with Crippen molar-refractivity contribution in [2.45, 2.75) is 64.5 Å². The van der Waals surface area contributed by atoms with Crippen molar-refractivity contribution in [3.8, 4) is 0 Å². The average molecular weight is 353 g/mol. The van der Waals surface area contributed by atoms with Crippen molar-refractivity contribution in [2.75, 3.05) is 65.4 Å². The maximum Gasteiger partial charge on any atom is 0.0218 e. The molecule has 5 heteroatoms. The van der Waals surface area contributed by atoms with E-state index < -0.39 is 0 Å². The predicted octanol–water partition coefficient (Wildman–Crippen LogP) is 1.52. The standard InChI is InChI=1S/C20H42N5/c1-3-19-17-22-11-15-24(19)13-7-5-9-21-10-6-8-14-25-16-12-23-18-20(25)4-2/h19-20,22-23H,3-18H2,1-2H3. The molecule has 2 aliphatic heterocycles. The smallest absolute Gasteiger partial charge is 0.0218 e. The van der Waals surface area contributed by atoms with Gasteiger partial charge < -0.3 is 10.6 Å². The van der Waals surface area contributed by atoms with Crippen molar-refractivity contribution in [1.82, 2.24) is 25.8 Å². The first-order chi connectivity index (χ1) is 12.3. The molecule has 2 atom stereocenters. The number of nitrogens with zero attached hydrogens (tertiary/aromatic N) is 3. The number of nitrogens with one attached hydrogen (secondary N) is 2. The Bertz CT molecular complexity index is 295. The summed E-state index contributed by atoms with van der Waals surface area (Å²) in [6.45, 7) is 16.4. The monoisotopic (exact) mass is 352 g/mol. The minimum Gasteiger partial charge on any atom is -0.314 e. The molecule has 2 saturated heterocycles. The fourth-order valence-corrected chi connectivity index (χ4v) is 4.19. The summed E-state index contributed by atoms with van der Waals surface area (Å²) < 4.78 is 0. The van der Waals surface area contributed by atoms with Crippen LogP contribution in [0.4, 0.5) is 0 Å². The van der Waals surface area contributed by atoms with Crippen LogP contribution < -0.4 is 16.0 Å². The van der Waals surface area contributed by atoms with Gasteiger partial charge in [0.05, 0.1) is 0 Å². The zero-order chi connectivity index (χ0) is 17.7. The van der Waals surface area contributed by atoms with Crippen LogP contribution in [0.25, 0.3) is 0 Å². The Morgan fingerprint density at radius 3 is 1.68 bits per heavy atom. The van der Waals surface area contributed by atoms with Gasteiger partial charge in [-0.25, -0.2) is 5.32 Å². The van der Waals surface area contributed by atoms with E-state index in [9.17, 15) is 0 Å². The summed E-state index contributed by atoms with van der Waals surface area (Å²) in [6.07, 6.45) is 7.66. The lowest BCUT2D eigenvalue weighted by molar-refractivity contribution is 0.153. The van der Waals surface area contributed by atoms with Crippen LogP contribution in [0.5, 0.6) is 0 Å². The number of rotatable bonds is 12. The van der Waals surface area contributed by atoms with E-state index in [2.05, 4.69) is 34.3 Å². The SMILES string of the molecule is CCC1CNCCN1CCCC[N]CCCCN1CCNCC1CC. The Morgan fingerprint density at radius 1 is 0.760 bits per heavy atom. The molecular weight excluding hydrogens is 310 g/mol. The highest BCUT2D eigenvalue weighted by atomic mass is 15.2. The molecule has 0 bridgehead atoms. The first kappa shape index (κ1) is 21.1. The van der Waals surface area contributed by atoms with E-state index in [1.165, 1.54) is 77.8 Å². The molecule has 0 amide bonds. The summed E-state index contributed by atoms with van der Waals surface area (Å²) in [5, 5.41) is 11.8. The molecule has 147 valence electrons. The zero-order valence-electron chi connectivity index (χ0n) is 16.8.